The zero-order chi connectivity index (χ0) is 16.8. The van der Waals surface area contributed by atoms with Crippen LogP contribution in [0.2, 0.25) is 0 Å². The van der Waals surface area contributed by atoms with Crippen molar-refractivity contribution in [2.45, 2.75) is 26.4 Å². The number of halogens is 1. The van der Waals surface area contributed by atoms with Gasteiger partial charge in [-0.05, 0) is 39.0 Å². The fourth-order valence-electron chi connectivity index (χ4n) is 1.40. The Kier molecular flexibility index (Phi) is 5.48. The number of benzene rings is 1. The lowest BCUT2D eigenvalue weighted by molar-refractivity contribution is 0.0636. The van der Waals surface area contributed by atoms with Gasteiger partial charge in [0.2, 0.25) is 0 Å². The Hall–Kier alpha value is -3.06. The maximum Gasteiger partial charge on any atom is 0.412 e. The quantitative estimate of drug-likeness (QED) is 0.832. The van der Waals surface area contributed by atoms with Crippen molar-refractivity contribution in [3.63, 3.8) is 0 Å². The molecule has 0 radical (unpaired) electrons. The summed E-state index contributed by atoms with van der Waals surface area (Å²) in [6.45, 7) is 5.10. The summed E-state index contributed by atoms with van der Waals surface area (Å²) < 4.78 is 18.4. The molecule has 0 bridgehead atoms. The average molecular weight is 302 g/mol. The Balaban J connectivity index is 2.97. The average Bonchev–Trinajstić information content (AvgIpc) is 2.39. The molecule has 0 aliphatic carbocycles. The van der Waals surface area contributed by atoms with Crippen molar-refractivity contribution in [1.29, 1.82) is 10.5 Å². The van der Waals surface area contributed by atoms with Crippen LogP contribution in [0.5, 0.6) is 0 Å². The molecule has 0 aliphatic heterocycles. The number of nitriles is 2. The van der Waals surface area contributed by atoms with Gasteiger partial charge < -0.3 is 10.1 Å². The first kappa shape index (κ1) is 17.0. The van der Waals surface area contributed by atoms with Crippen molar-refractivity contribution in [2.24, 2.45) is 0 Å². The fourth-order valence-corrected chi connectivity index (χ4v) is 1.40. The first-order valence-electron chi connectivity index (χ1n) is 6.31. The number of carbonyl (C=O) groups excluding carboxylic acids is 1. The highest BCUT2D eigenvalue weighted by Gasteiger charge is 2.17. The monoisotopic (exact) mass is 302 g/mol. The van der Waals surface area contributed by atoms with Crippen LogP contribution in [-0.4, -0.2) is 11.7 Å². The van der Waals surface area contributed by atoms with Gasteiger partial charge in [0.1, 0.15) is 29.1 Å². The number of allylic oxidation sites excluding steroid dienone is 1. The summed E-state index contributed by atoms with van der Waals surface area (Å²) in [7, 11) is 0. The second-order valence-electron chi connectivity index (χ2n) is 5.24. The maximum absolute atomic E-state index is 13.3. The van der Waals surface area contributed by atoms with Crippen LogP contribution in [0.1, 0.15) is 20.8 Å². The van der Waals surface area contributed by atoms with Crippen LogP contribution < -0.4 is 10.6 Å². The number of rotatable bonds is 3. The molecule has 0 aromatic heterocycles. The molecular formula is C15H15FN4O2. The molecule has 7 heteroatoms. The maximum atomic E-state index is 13.3. The zero-order valence-electron chi connectivity index (χ0n) is 12.4. The normalized spacial score (nSPS) is 9.91. The van der Waals surface area contributed by atoms with Crippen LogP contribution >= 0.6 is 0 Å². The summed E-state index contributed by atoms with van der Waals surface area (Å²) in [6, 6.07) is 6.99. The molecule has 6 nitrogen and oxygen atoms in total. The topological polar surface area (TPSA) is 97.9 Å². The third-order valence-corrected chi connectivity index (χ3v) is 2.23. The number of anilines is 2. The molecule has 114 valence electrons. The summed E-state index contributed by atoms with van der Waals surface area (Å²) >= 11 is 0. The second kappa shape index (κ2) is 7.09. The van der Waals surface area contributed by atoms with E-state index in [-0.39, 0.29) is 11.3 Å². The smallest absolute Gasteiger partial charge is 0.412 e. The van der Waals surface area contributed by atoms with E-state index in [4.69, 9.17) is 15.3 Å². The number of amides is 1. The van der Waals surface area contributed by atoms with Gasteiger partial charge in [0.25, 0.3) is 0 Å². The molecule has 0 atom stereocenters. The largest absolute Gasteiger partial charge is 0.444 e. The summed E-state index contributed by atoms with van der Waals surface area (Å²) in [5.41, 5.74) is -0.414. The van der Waals surface area contributed by atoms with Gasteiger partial charge in [0.05, 0.1) is 11.4 Å². The van der Waals surface area contributed by atoms with Gasteiger partial charge in [-0.15, -0.1) is 0 Å². The van der Waals surface area contributed by atoms with Crippen LogP contribution in [0.15, 0.2) is 30.0 Å². The number of nitrogens with zero attached hydrogens (tertiary/aromatic N) is 2. The van der Waals surface area contributed by atoms with Gasteiger partial charge in [-0.1, -0.05) is 0 Å². The molecule has 0 spiro atoms. The van der Waals surface area contributed by atoms with Gasteiger partial charge in [0, 0.05) is 6.20 Å². The molecule has 2 N–H and O–H groups in total. The van der Waals surface area contributed by atoms with Crippen LogP contribution in [0.3, 0.4) is 0 Å². The zero-order valence-corrected chi connectivity index (χ0v) is 12.4. The first-order valence-corrected chi connectivity index (χ1v) is 6.31. The van der Waals surface area contributed by atoms with E-state index in [9.17, 15) is 9.18 Å². The summed E-state index contributed by atoms with van der Waals surface area (Å²) in [4.78, 5) is 11.7. The fraction of sp³-hybridized carbons (Fsp3) is 0.267. The molecule has 0 saturated carbocycles. The van der Waals surface area contributed by atoms with Crippen LogP contribution in [0.25, 0.3) is 0 Å². The van der Waals surface area contributed by atoms with E-state index in [1.54, 1.807) is 32.9 Å². The highest BCUT2D eigenvalue weighted by atomic mass is 19.1. The Morgan fingerprint density at radius 1 is 1.27 bits per heavy atom. The van der Waals surface area contributed by atoms with Crippen molar-refractivity contribution in [2.75, 3.05) is 10.6 Å². The van der Waals surface area contributed by atoms with E-state index in [0.717, 1.165) is 12.3 Å². The summed E-state index contributed by atoms with van der Waals surface area (Å²) in [5.74, 6) is -0.554. The van der Waals surface area contributed by atoms with E-state index in [1.807, 2.05) is 0 Å². The number of ether oxygens (including phenoxy) is 1. The van der Waals surface area contributed by atoms with Crippen LogP contribution in [-0.2, 0) is 4.74 Å². The molecule has 1 rings (SSSR count). The lowest BCUT2D eigenvalue weighted by Gasteiger charge is -2.20. The third kappa shape index (κ3) is 5.51. The molecule has 0 saturated heterocycles. The Morgan fingerprint density at radius 3 is 2.45 bits per heavy atom. The molecule has 1 aromatic carbocycles. The standard InChI is InChI=1S/C15H15FN4O2/c1-15(2,3)22-14(21)20-13-6-11(16)4-5-12(13)19-9-10(7-17)8-18/h4-6,9,19H,1-3H3,(H,20,21). The molecule has 0 heterocycles. The minimum absolute atomic E-state index is 0.126. The summed E-state index contributed by atoms with van der Waals surface area (Å²) in [6.07, 6.45) is 0.416. The molecule has 0 unspecified atom stereocenters. The van der Waals surface area contributed by atoms with Gasteiger partial charge >= 0.3 is 6.09 Å². The van der Waals surface area contributed by atoms with Crippen molar-refractivity contribution < 1.29 is 13.9 Å². The van der Waals surface area contributed by atoms with Gasteiger partial charge in [-0.3, -0.25) is 5.32 Å². The Morgan fingerprint density at radius 2 is 1.91 bits per heavy atom. The second-order valence-corrected chi connectivity index (χ2v) is 5.24. The lowest BCUT2D eigenvalue weighted by Crippen LogP contribution is -2.27. The van der Waals surface area contributed by atoms with Crippen LogP contribution in [0, 0.1) is 28.5 Å². The predicted octanol–water partition coefficient (Wildman–Crippen LogP) is 3.52. The van der Waals surface area contributed by atoms with Gasteiger partial charge in [0.15, 0.2) is 0 Å². The van der Waals surface area contributed by atoms with E-state index in [0.29, 0.717) is 5.69 Å². The first-order chi connectivity index (χ1) is 10.2. The van der Waals surface area contributed by atoms with E-state index in [1.165, 1.54) is 12.1 Å². The van der Waals surface area contributed by atoms with Gasteiger partial charge in [-0.2, -0.15) is 10.5 Å². The third-order valence-electron chi connectivity index (χ3n) is 2.23. The minimum atomic E-state index is -0.745. The highest BCUT2D eigenvalue weighted by Crippen LogP contribution is 2.24. The van der Waals surface area contributed by atoms with E-state index >= 15 is 0 Å². The number of hydrogen-bond acceptors (Lipinski definition) is 5. The number of nitrogens with one attached hydrogen (secondary N) is 2. The lowest BCUT2D eigenvalue weighted by atomic mass is 10.2. The molecule has 1 amide bonds. The van der Waals surface area contributed by atoms with E-state index in [2.05, 4.69) is 10.6 Å². The molecular weight excluding hydrogens is 287 g/mol. The van der Waals surface area contributed by atoms with Gasteiger partial charge in [-0.25, -0.2) is 9.18 Å². The Labute approximate surface area is 127 Å². The highest BCUT2D eigenvalue weighted by molar-refractivity contribution is 5.89. The van der Waals surface area contributed by atoms with Crippen LogP contribution in [0.4, 0.5) is 20.6 Å². The van der Waals surface area contributed by atoms with E-state index < -0.39 is 17.5 Å². The van der Waals surface area contributed by atoms with Crippen molar-refractivity contribution in [3.05, 3.63) is 35.8 Å². The number of carbonyl (C=O) groups is 1. The predicted molar refractivity (Wildman–Crippen MR) is 79.2 cm³/mol. The summed E-state index contributed by atoms with van der Waals surface area (Å²) in [5, 5.41) is 22.4. The molecule has 0 fully saturated rings. The number of hydrogen-bond donors (Lipinski definition) is 2. The van der Waals surface area contributed by atoms with Crippen molar-refractivity contribution in [1.82, 2.24) is 0 Å². The van der Waals surface area contributed by atoms with Crippen molar-refractivity contribution >= 4 is 17.5 Å². The minimum Gasteiger partial charge on any atom is -0.444 e. The molecule has 22 heavy (non-hydrogen) atoms. The SMILES string of the molecule is CC(C)(C)OC(=O)Nc1cc(F)ccc1NC=C(C#N)C#N. The Bertz CT molecular complexity index is 662. The van der Waals surface area contributed by atoms with Crippen molar-refractivity contribution in [3.8, 4) is 12.1 Å². The molecule has 0 aliphatic rings. The molecule has 1 aromatic rings.